The van der Waals surface area contributed by atoms with Crippen LogP contribution in [0.2, 0.25) is 0 Å². The summed E-state index contributed by atoms with van der Waals surface area (Å²) in [5.74, 6) is 0.743. The fourth-order valence-corrected chi connectivity index (χ4v) is 3.17. The Morgan fingerprint density at radius 3 is 2.95 bits per heavy atom. The zero-order valence-corrected chi connectivity index (χ0v) is 13.6. The third kappa shape index (κ3) is 2.27. The SMILES string of the molecule is CCO[C@@H]1C[C@](O)(CNc2nccn3nc(C)cc23)C1(C)C. The molecule has 2 N–H and O–H groups in total. The smallest absolute Gasteiger partial charge is 0.152 e. The van der Waals surface area contributed by atoms with E-state index in [0.717, 1.165) is 17.0 Å². The minimum Gasteiger partial charge on any atom is -0.387 e. The molecule has 2 atom stereocenters. The molecule has 0 bridgehead atoms. The van der Waals surface area contributed by atoms with Crippen molar-refractivity contribution in [3.8, 4) is 0 Å². The average Bonchev–Trinajstić information content (AvgIpc) is 2.85. The van der Waals surface area contributed by atoms with E-state index >= 15 is 0 Å². The first-order valence-corrected chi connectivity index (χ1v) is 7.76. The number of hydrogen-bond donors (Lipinski definition) is 2. The van der Waals surface area contributed by atoms with Gasteiger partial charge in [-0.25, -0.2) is 9.50 Å². The normalized spacial score (nSPS) is 26.9. The van der Waals surface area contributed by atoms with E-state index in [1.165, 1.54) is 0 Å². The highest BCUT2D eigenvalue weighted by atomic mass is 16.5. The molecule has 3 rings (SSSR count). The van der Waals surface area contributed by atoms with Gasteiger partial charge in [-0.1, -0.05) is 13.8 Å². The fraction of sp³-hybridized carbons (Fsp3) is 0.625. The van der Waals surface area contributed by atoms with Gasteiger partial charge in [-0.2, -0.15) is 5.10 Å². The second-order valence-electron chi connectivity index (χ2n) is 6.65. The molecule has 1 aliphatic rings. The summed E-state index contributed by atoms with van der Waals surface area (Å²) in [6.07, 6.45) is 4.27. The topological polar surface area (TPSA) is 71.7 Å². The molecule has 1 fully saturated rings. The highest BCUT2D eigenvalue weighted by Crippen LogP contribution is 2.51. The predicted octanol–water partition coefficient (Wildman–Crippen LogP) is 2.02. The Morgan fingerprint density at radius 1 is 1.50 bits per heavy atom. The van der Waals surface area contributed by atoms with Crippen molar-refractivity contribution in [2.75, 3.05) is 18.5 Å². The lowest BCUT2D eigenvalue weighted by Gasteiger charge is -2.58. The van der Waals surface area contributed by atoms with Crippen molar-refractivity contribution >= 4 is 11.3 Å². The lowest BCUT2D eigenvalue weighted by Crippen LogP contribution is -2.67. The summed E-state index contributed by atoms with van der Waals surface area (Å²) in [5.41, 5.74) is 0.783. The fourth-order valence-electron chi connectivity index (χ4n) is 3.17. The van der Waals surface area contributed by atoms with Gasteiger partial charge in [-0.3, -0.25) is 0 Å². The number of nitrogens with one attached hydrogen (secondary N) is 1. The zero-order chi connectivity index (χ0) is 16.0. The first-order valence-electron chi connectivity index (χ1n) is 7.76. The number of aromatic nitrogens is 3. The molecule has 1 aliphatic carbocycles. The molecule has 120 valence electrons. The van der Waals surface area contributed by atoms with Gasteiger partial charge >= 0.3 is 0 Å². The number of hydrogen-bond acceptors (Lipinski definition) is 5. The highest BCUT2D eigenvalue weighted by molar-refractivity contribution is 5.67. The van der Waals surface area contributed by atoms with Crippen LogP contribution in [0.4, 0.5) is 5.82 Å². The van der Waals surface area contributed by atoms with Crippen LogP contribution < -0.4 is 5.32 Å². The van der Waals surface area contributed by atoms with Crippen molar-refractivity contribution in [2.45, 2.75) is 45.8 Å². The van der Waals surface area contributed by atoms with E-state index < -0.39 is 5.60 Å². The predicted molar refractivity (Wildman–Crippen MR) is 85.0 cm³/mol. The molecule has 0 spiro atoms. The lowest BCUT2D eigenvalue weighted by atomic mass is 9.56. The van der Waals surface area contributed by atoms with Crippen LogP contribution in [-0.4, -0.2) is 44.6 Å². The molecule has 2 aromatic heterocycles. The van der Waals surface area contributed by atoms with E-state index in [4.69, 9.17) is 4.74 Å². The van der Waals surface area contributed by atoms with Gasteiger partial charge in [0.2, 0.25) is 0 Å². The van der Waals surface area contributed by atoms with Crippen LogP contribution in [0.15, 0.2) is 18.5 Å². The van der Waals surface area contributed by atoms with Crippen LogP contribution in [0.3, 0.4) is 0 Å². The second kappa shape index (κ2) is 5.21. The summed E-state index contributed by atoms with van der Waals surface area (Å²) in [5, 5.41) is 18.5. The summed E-state index contributed by atoms with van der Waals surface area (Å²) in [6, 6.07) is 1.98. The molecule has 0 radical (unpaired) electrons. The molecular weight excluding hydrogens is 280 g/mol. The number of rotatable bonds is 5. The molecule has 2 heterocycles. The van der Waals surface area contributed by atoms with E-state index in [9.17, 15) is 5.11 Å². The Kier molecular flexibility index (Phi) is 3.61. The van der Waals surface area contributed by atoms with Gasteiger partial charge in [-0.05, 0) is 19.9 Å². The molecule has 22 heavy (non-hydrogen) atoms. The molecule has 1 saturated carbocycles. The summed E-state index contributed by atoms with van der Waals surface area (Å²) >= 11 is 0. The Labute approximate surface area is 130 Å². The third-order valence-electron chi connectivity index (χ3n) is 4.96. The van der Waals surface area contributed by atoms with Crippen molar-refractivity contribution in [1.29, 1.82) is 0 Å². The van der Waals surface area contributed by atoms with E-state index in [1.54, 1.807) is 10.7 Å². The van der Waals surface area contributed by atoms with E-state index in [-0.39, 0.29) is 11.5 Å². The van der Waals surface area contributed by atoms with Crippen LogP contribution in [0.25, 0.3) is 5.52 Å². The van der Waals surface area contributed by atoms with Gasteiger partial charge in [-0.15, -0.1) is 0 Å². The van der Waals surface area contributed by atoms with Crippen LogP contribution in [0, 0.1) is 12.3 Å². The number of nitrogens with zero attached hydrogens (tertiary/aromatic N) is 3. The molecule has 2 aromatic rings. The Bertz CT molecular complexity index is 682. The highest BCUT2D eigenvalue weighted by Gasteiger charge is 2.59. The standard InChI is InChI=1S/C16H24N4O2/c1-5-22-13-9-16(21,15(13,3)4)10-18-14-12-8-11(2)19-20(12)7-6-17-14/h6-8,13,21H,5,9-10H2,1-4H3,(H,17,18)/t13-,16+/m1/s1. The summed E-state index contributed by atoms with van der Waals surface area (Å²) in [6.45, 7) is 9.16. The van der Waals surface area contributed by atoms with Gasteiger partial charge in [0.05, 0.1) is 17.4 Å². The maximum atomic E-state index is 10.9. The van der Waals surface area contributed by atoms with Gasteiger partial charge in [0.25, 0.3) is 0 Å². The monoisotopic (exact) mass is 304 g/mol. The number of aliphatic hydroxyl groups is 1. The van der Waals surface area contributed by atoms with Gasteiger partial charge in [0, 0.05) is 37.4 Å². The largest absolute Gasteiger partial charge is 0.387 e. The second-order valence-corrected chi connectivity index (χ2v) is 6.65. The summed E-state index contributed by atoms with van der Waals surface area (Å²) in [4.78, 5) is 4.37. The molecule has 0 amide bonds. The number of aryl methyl sites for hydroxylation is 1. The van der Waals surface area contributed by atoms with E-state index in [0.29, 0.717) is 19.6 Å². The van der Waals surface area contributed by atoms with Crippen molar-refractivity contribution < 1.29 is 9.84 Å². The van der Waals surface area contributed by atoms with Crippen LogP contribution in [0.1, 0.15) is 32.9 Å². The van der Waals surface area contributed by atoms with Gasteiger partial charge < -0.3 is 15.2 Å². The number of ether oxygens (including phenoxy) is 1. The van der Waals surface area contributed by atoms with Gasteiger partial charge in [0.1, 0.15) is 5.52 Å². The van der Waals surface area contributed by atoms with Crippen molar-refractivity contribution in [3.05, 3.63) is 24.2 Å². The Hall–Kier alpha value is -1.66. The number of fused-ring (bicyclic) bond motifs is 1. The average molecular weight is 304 g/mol. The maximum absolute atomic E-state index is 10.9. The maximum Gasteiger partial charge on any atom is 0.152 e. The quantitative estimate of drug-likeness (QED) is 0.884. The minimum atomic E-state index is -0.795. The summed E-state index contributed by atoms with van der Waals surface area (Å²) in [7, 11) is 0. The molecule has 0 saturated heterocycles. The third-order valence-corrected chi connectivity index (χ3v) is 4.96. The first kappa shape index (κ1) is 15.2. The zero-order valence-electron chi connectivity index (χ0n) is 13.6. The van der Waals surface area contributed by atoms with Crippen LogP contribution >= 0.6 is 0 Å². The molecule has 0 aliphatic heterocycles. The Balaban J connectivity index is 1.75. The summed E-state index contributed by atoms with van der Waals surface area (Å²) < 4.78 is 7.49. The van der Waals surface area contributed by atoms with Crippen molar-refractivity contribution in [2.24, 2.45) is 5.41 Å². The number of anilines is 1. The molecule has 6 heteroatoms. The van der Waals surface area contributed by atoms with Crippen LogP contribution in [-0.2, 0) is 4.74 Å². The van der Waals surface area contributed by atoms with Gasteiger partial charge in [0.15, 0.2) is 5.82 Å². The first-order chi connectivity index (χ1) is 10.4. The van der Waals surface area contributed by atoms with Crippen molar-refractivity contribution in [3.63, 3.8) is 0 Å². The lowest BCUT2D eigenvalue weighted by molar-refractivity contribution is -0.233. The molecular formula is C16H24N4O2. The van der Waals surface area contributed by atoms with Crippen molar-refractivity contribution in [1.82, 2.24) is 14.6 Å². The van der Waals surface area contributed by atoms with E-state index in [1.807, 2.05) is 26.1 Å². The Morgan fingerprint density at radius 2 is 2.27 bits per heavy atom. The molecule has 0 unspecified atom stereocenters. The molecule has 0 aromatic carbocycles. The minimum absolute atomic E-state index is 0.102. The van der Waals surface area contributed by atoms with E-state index in [2.05, 4.69) is 29.2 Å². The van der Waals surface area contributed by atoms with Crippen LogP contribution in [0.5, 0.6) is 0 Å². The molecule has 6 nitrogen and oxygen atoms in total.